The molecule has 1 amide bonds. The Hall–Kier alpha value is -2.73. The van der Waals surface area contributed by atoms with Gasteiger partial charge in [-0.15, -0.1) is 11.8 Å². The number of carbonyl (C=O) groups is 1. The summed E-state index contributed by atoms with van der Waals surface area (Å²) in [6.45, 7) is 3.95. The van der Waals surface area contributed by atoms with Crippen LogP contribution in [0.15, 0.2) is 59.0 Å². The molecule has 158 valence electrons. The number of ether oxygens (including phenoxy) is 1. The van der Waals surface area contributed by atoms with Crippen molar-refractivity contribution in [2.75, 3.05) is 12.9 Å². The van der Waals surface area contributed by atoms with Crippen LogP contribution in [-0.2, 0) is 17.0 Å². The molecular formula is C24H28N2O3S. The highest BCUT2D eigenvalue weighted by molar-refractivity contribution is 7.99. The normalized spacial score (nSPS) is 11.8. The fourth-order valence-corrected chi connectivity index (χ4v) is 3.91. The molecule has 0 bridgehead atoms. The van der Waals surface area contributed by atoms with E-state index in [0.717, 1.165) is 35.6 Å². The zero-order valence-corrected chi connectivity index (χ0v) is 18.5. The van der Waals surface area contributed by atoms with Gasteiger partial charge >= 0.3 is 0 Å². The standard InChI is InChI=1S/C24H28N2O3S/c1-17(9-10-19-7-5-4-6-8-19)25-23(27)16-30-15-22-18(2)29-24(26-22)20-11-13-21(28-3)14-12-20/h4-8,11-14,17H,9-10,15-16H2,1-3H3,(H,25,27)/t17-/m1/s1. The Morgan fingerprint density at radius 2 is 1.90 bits per heavy atom. The third-order valence-electron chi connectivity index (χ3n) is 4.82. The van der Waals surface area contributed by atoms with Crippen LogP contribution in [0.2, 0.25) is 0 Å². The van der Waals surface area contributed by atoms with Gasteiger partial charge in [0.25, 0.3) is 0 Å². The zero-order chi connectivity index (χ0) is 21.3. The zero-order valence-electron chi connectivity index (χ0n) is 17.7. The number of rotatable bonds is 10. The first-order valence-electron chi connectivity index (χ1n) is 10.1. The number of hydrogen-bond acceptors (Lipinski definition) is 5. The van der Waals surface area contributed by atoms with Gasteiger partial charge in [-0.1, -0.05) is 30.3 Å². The minimum absolute atomic E-state index is 0.0529. The smallest absolute Gasteiger partial charge is 0.230 e. The first-order chi connectivity index (χ1) is 14.5. The Morgan fingerprint density at radius 1 is 1.17 bits per heavy atom. The lowest BCUT2D eigenvalue weighted by Gasteiger charge is -2.13. The van der Waals surface area contributed by atoms with Crippen molar-refractivity contribution in [3.63, 3.8) is 0 Å². The predicted molar refractivity (Wildman–Crippen MR) is 122 cm³/mol. The number of aryl methyl sites for hydroxylation is 2. The average molecular weight is 425 g/mol. The number of nitrogens with one attached hydrogen (secondary N) is 1. The number of aromatic nitrogens is 1. The van der Waals surface area contributed by atoms with Gasteiger partial charge in [-0.2, -0.15) is 0 Å². The second-order valence-corrected chi connectivity index (χ2v) is 8.22. The molecule has 0 unspecified atom stereocenters. The minimum atomic E-state index is 0.0529. The van der Waals surface area contributed by atoms with Crippen molar-refractivity contribution in [2.45, 2.75) is 38.5 Å². The topological polar surface area (TPSA) is 64.4 Å². The van der Waals surface area contributed by atoms with Crippen LogP contribution in [0.3, 0.4) is 0 Å². The summed E-state index contributed by atoms with van der Waals surface area (Å²) in [6, 6.07) is 18.1. The van der Waals surface area contributed by atoms with E-state index in [9.17, 15) is 4.79 Å². The van der Waals surface area contributed by atoms with E-state index in [2.05, 4.69) is 29.4 Å². The molecule has 30 heavy (non-hydrogen) atoms. The van der Waals surface area contributed by atoms with E-state index in [-0.39, 0.29) is 11.9 Å². The molecule has 1 aromatic heterocycles. The Kier molecular flexibility index (Phi) is 7.97. The van der Waals surface area contributed by atoms with Crippen LogP contribution in [0.4, 0.5) is 0 Å². The summed E-state index contributed by atoms with van der Waals surface area (Å²) in [6.07, 6.45) is 1.88. The van der Waals surface area contributed by atoms with E-state index in [1.54, 1.807) is 18.9 Å². The Balaban J connectivity index is 1.43. The predicted octanol–water partition coefficient (Wildman–Crippen LogP) is 5.03. The van der Waals surface area contributed by atoms with Crippen molar-refractivity contribution in [2.24, 2.45) is 0 Å². The first kappa shape index (κ1) is 22.0. The molecule has 0 aliphatic rings. The van der Waals surface area contributed by atoms with Crippen LogP contribution in [0.1, 0.15) is 30.4 Å². The Labute approximate surface area is 182 Å². The van der Waals surface area contributed by atoms with Crippen molar-refractivity contribution in [1.82, 2.24) is 10.3 Å². The summed E-state index contributed by atoms with van der Waals surface area (Å²) < 4.78 is 11.0. The van der Waals surface area contributed by atoms with Crippen LogP contribution in [0, 0.1) is 6.92 Å². The van der Waals surface area contributed by atoms with Gasteiger partial charge in [-0.05, 0) is 56.5 Å². The molecule has 0 saturated carbocycles. The van der Waals surface area contributed by atoms with Crippen molar-refractivity contribution in [3.05, 3.63) is 71.6 Å². The quantitative estimate of drug-likeness (QED) is 0.495. The SMILES string of the molecule is COc1ccc(-c2nc(CSCC(=O)N[C@H](C)CCc3ccccc3)c(C)o2)cc1. The maximum atomic E-state index is 12.2. The highest BCUT2D eigenvalue weighted by Crippen LogP contribution is 2.25. The molecule has 1 atom stereocenters. The van der Waals surface area contributed by atoms with E-state index in [1.807, 2.05) is 49.4 Å². The van der Waals surface area contributed by atoms with Crippen LogP contribution >= 0.6 is 11.8 Å². The molecule has 3 aromatic rings. The second kappa shape index (κ2) is 10.9. The number of nitrogens with zero attached hydrogens (tertiary/aromatic N) is 1. The molecule has 0 saturated heterocycles. The van der Waals surface area contributed by atoms with Crippen LogP contribution in [-0.4, -0.2) is 29.8 Å². The lowest BCUT2D eigenvalue weighted by atomic mass is 10.1. The van der Waals surface area contributed by atoms with Crippen LogP contribution in [0.25, 0.3) is 11.5 Å². The number of benzene rings is 2. The van der Waals surface area contributed by atoms with Crippen molar-refractivity contribution >= 4 is 17.7 Å². The summed E-state index contributed by atoms with van der Waals surface area (Å²) in [4.78, 5) is 16.8. The van der Waals surface area contributed by atoms with Gasteiger partial charge in [0, 0.05) is 17.4 Å². The monoisotopic (exact) mass is 424 g/mol. The summed E-state index contributed by atoms with van der Waals surface area (Å²) in [5, 5.41) is 3.08. The molecule has 0 aliphatic heterocycles. The molecule has 2 aromatic carbocycles. The third-order valence-corrected chi connectivity index (χ3v) is 5.76. The molecule has 0 fully saturated rings. The van der Waals surface area contributed by atoms with Crippen LogP contribution in [0.5, 0.6) is 5.75 Å². The molecule has 0 aliphatic carbocycles. The number of methoxy groups -OCH3 is 1. The third kappa shape index (κ3) is 6.39. The number of carbonyl (C=O) groups excluding carboxylic acids is 1. The largest absolute Gasteiger partial charge is 0.497 e. The molecule has 1 heterocycles. The molecule has 0 spiro atoms. The summed E-state index contributed by atoms with van der Waals surface area (Å²) >= 11 is 1.55. The molecule has 6 heteroatoms. The van der Waals surface area contributed by atoms with Crippen molar-refractivity contribution in [1.29, 1.82) is 0 Å². The van der Waals surface area contributed by atoms with Gasteiger partial charge in [0.05, 0.1) is 18.6 Å². The number of hydrogen-bond donors (Lipinski definition) is 1. The molecule has 5 nitrogen and oxygen atoms in total. The second-order valence-electron chi connectivity index (χ2n) is 7.24. The van der Waals surface area contributed by atoms with Gasteiger partial charge in [-0.25, -0.2) is 4.98 Å². The maximum Gasteiger partial charge on any atom is 0.230 e. The highest BCUT2D eigenvalue weighted by atomic mass is 32.2. The van der Waals surface area contributed by atoms with Gasteiger partial charge < -0.3 is 14.5 Å². The van der Waals surface area contributed by atoms with E-state index in [1.165, 1.54) is 5.56 Å². The Morgan fingerprint density at radius 3 is 2.60 bits per heavy atom. The number of oxazole rings is 1. The van der Waals surface area contributed by atoms with Gasteiger partial charge in [0.2, 0.25) is 11.8 Å². The summed E-state index contributed by atoms with van der Waals surface area (Å²) in [5.74, 6) is 3.26. The van der Waals surface area contributed by atoms with E-state index >= 15 is 0 Å². The van der Waals surface area contributed by atoms with E-state index in [4.69, 9.17) is 9.15 Å². The number of thioether (sulfide) groups is 1. The lowest BCUT2D eigenvalue weighted by molar-refractivity contribution is -0.119. The van der Waals surface area contributed by atoms with Crippen molar-refractivity contribution in [3.8, 4) is 17.2 Å². The van der Waals surface area contributed by atoms with Crippen LogP contribution < -0.4 is 10.1 Å². The minimum Gasteiger partial charge on any atom is -0.497 e. The fraction of sp³-hybridized carbons (Fsp3) is 0.333. The van der Waals surface area contributed by atoms with Gasteiger partial charge in [0.15, 0.2) is 0 Å². The summed E-state index contributed by atoms with van der Waals surface area (Å²) in [5.41, 5.74) is 3.07. The van der Waals surface area contributed by atoms with Crippen molar-refractivity contribution < 1.29 is 13.9 Å². The van der Waals surface area contributed by atoms with E-state index < -0.39 is 0 Å². The molecule has 0 radical (unpaired) electrons. The molecule has 1 N–H and O–H groups in total. The highest BCUT2D eigenvalue weighted by Gasteiger charge is 2.13. The molecule has 3 rings (SSSR count). The van der Waals surface area contributed by atoms with E-state index in [0.29, 0.717) is 17.4 Å². The Bertz CT molecular complexity index is 939. The number of amides is 1. The average Bonchev–Trinajstić information content (AvgIpc) is 3.13. The fourth-order valence-electron chi connectivity index (χ4n) is 3.08. The lowest BCUT2D eigenvalue weighted by Crippen LogP contribution is -2.34. The maximum absolute atomic E-state index is 12.2. The first-order valence-corrected chi connectivity index (χ1v) is 11.2. The van der Waals surface area contributed by atoms with Gasteiger partial charge in [0.1, 0.15) is 11.5 Å². The van der Waals surface area contributed by atoms with Gasteiger partial charge in [-0.3, -0.25) is 4.79 Å². The molecular weight excluding hydrogens is 396 g/mol. The summed E-state index contributed by atoms with van der Waals surface area (Å²) in [7, 11) is 1.64.